The van der Waals surface area contributed by atoms with Gasteiger partial charge in [0.05, 0.1) is 12.7 Å². The van der Waals surface area contributed by atoms with Crippen LogP contribution in [0.15, 0.2) is 29.6 Å². The van der Waals surface area contributed by atoms with Crippen molar-refractivity contribution < 1.29 is 14.6 Å². The molecule has 1 saturated carbocycles. The van der Waals surface area contributed by atoms with Gasteiger partial charge in [-0.15, -0.1) is 11.3 Å². The van der Waals surface area contributed by atoms with Crippen LogP contribution in [0.4, 0.5) is 0 Å². The Labute approximate surface area is 133 Å². The number of carbonyl (C=O) groups is 1. The third-order valence-electron chi connectivity index (χ3n) is 3.94. The number of methoxy groups -OCH3 is 1. The summed E-state index contributed by atoms with van der Waals surface area (Å²) in [5.41, 5.74) is 0.617. The van der Waals surface area contributed by atoms with Gasteiger partial charge in [-0.2, -0.15) is 0 Å². The molecule has 0 saturated heterocycles. The van der Waals surface area contributed by atoms with Gasteiger partial charge in [0.1, 0.15) is 16.5 Å². The highest BCUT2D eigenvalue weighted by molar-refractivity contribution is 7.13. The van der Waals surface area contributed by atoms with Crippen LogP contribution in [0.25, 0.3) is 10.6 Å². The van der Waals surface area contributed by atoms with Crippen LogP contribution in [-0.4, -0.2) is 35.3 Å². The summed E-state index contributed by atoms with van der Waals surface area (Å²) in [5.74, 6) is 0.545. The molecule has 1 heterocycles. The second-order valence-electron chi connectivity index (χ2n) is 5.53. The number of aromatic nitrogens is 1. The predicted octanol–water partition coefficient (Wildman–Crippen LogP) is 2.46. The first-order valence-electron chi connectivity index (χ1n) is 7.20. The van der Waals surface area contributed by atoms with Crippen LogP contribution in [-0.2, 0) is 0 Å². The Morgan fingerprint density at radius 1 is 1.41 bits per heavy atom. The fourth-order valence-electron chi connectivity index (χ4n) is 2.34. The van der Waals surface area contributed by atoms with E-state index in [0.717, 1.165) is 35.6 Å². The topological polar surface area (TPSA) is 71.5 Å². The fourth-order valence-corrected chi connectivity index (χ4v) is 3.15. The summed E-state index contributed by atoms with van der Waals surface area (Å²) < 4.78 is 5.12. The maximum Gasteiger partial charge on any atom is 0.270 e. The predicted molar refractivity (Wildman–Crippen MR) is 85.2 cm³/mol. The van der Waals surface area contributed by atoms with Crippen molar-refractivity contribution in [3.63, 3.8) is 0 Å². The number of benzene rings is 1. The molecule has 0 aliphatic heterocycles. The second kappa shape index (κ2) is 6.06. The summed E-state index contributed by atoms with van der Waals surface area (Å²) in [4.78, 5) is 16.4. The molecule has 0 atom stereocenters. The largest absolute Gasteiger partial charge is 0.497 e. The van der Waals surface area contributed by atoms with Crippen LogP contribution in [0.5, 0.6) is 5.75 Å². The number of carbonyl (C=O) groups excluding carboxylic acids is 1. The van der Waals surface area contributed by atoms with Crippen LogP contribution >= 0.6 is 11.3 Å². The average molecular weight is 318 g/mol. The molecule has 5 nitrogen and oxygen atoms in total. The summed E-state index contributed by atoms with van der Waals surface area (Å²) in [6.07, 6.45) is 2.52. The molecular formula is C16H18N2O3S. The van der Waals surface area contributed by atoms with Crippen molar-refractivity contribution in [3.05, 3.63) is 35.3 Å². The first kappa shape index (κ1) is 15.0. The molecule has 0 radical (unpaired) electrons. The standard InChI is InChI=1S/C16H18N2O3S/c1-21-12-5-3-11(4-6-12)15-18-13(9-22-15)14(19)17-10-16(20)7-2-8-16/h3-6,9,20H,2,7-8,10H2,1H3,(H,17,19). The van der Waals surface area contributed by atoms with Gasteiger partial charge in [0.15, 0.2) is 0 Å². The number of rotatable bonds is 5. The average Bonchev–Trinajstić information content (AvgIpc) is 3.01. The van der Waals surface area contributed by atoms with E-state index in [0.29, 0.717) is 12.2 Å². The van der Waals surface area contributed by atoms with Crippen LogP contribution < -0.4 is 10.1 Å². The van der Waals surface area contributed by atoms with Crippen molar-refractivity contribution in [2.45, 2.75) is 24.9 Å². The number of hydrogen-bond acceptors (Lipinski definition) is 5. The lowest BCUT2D eigenvalue weighted by atomic mass is 9.80. The minimum atomic E-state index is -0.718. The molecule has 22 heavy (non-hydrogen) atoms. The van der Waals surface area contributed by atoms with Gasteiger partial charge in [-0.25, -0.2) is 4.98 Å². The van der Waals surface area contributed by atoms with Gasteiger partial charge in [-0.05, 0) is 43.5 Å². The number of nitrogens with zero attached hydrogens (tertiary/aromatic N) is 1. The Morgan fingerprint density at radius 3 is 2.73 bits per heavy atom. The number of nitrogens with one attached hydrogen (secondary N) is 1. The first-order chi connectivity index (χ1) is 10.6. The molecule has 2 N–H and O–H groups in total. The van der Waals surface area contributed by atoms with Gasteiger partial charge in [0, 0.05) is 17.5 Å². The zero-order chi connectivity index (χ0) is 15.6. The van der Waals surface area contributed by atoms with Crippen LogP contribution in [0.3, 0.4) is 0 Å². The van der Waals surface area contributed by atoms with Crippen LogP contribution in [0.1, 0.15) is 29.8 Å². The first-order valence-corrected chi connectivity index (χ1v) is 8.08. The SMILES string of the molecule is COc1ccc(-c2nc(C(=O)NCC3(O)CCC3)cs2)cc1. The molecule has 1 aromatic carbocycles. The van der Waals surface area contributed by atoms with Gasteiger partial charge in [-0.3, -0.25) is 4.79 Å². The lowest BCUT2D eigenvalue weighted by Crippen LogP contribution is -2.47. The molecule has 1 amide bonds. The van der Waals surface area contributed by atoms with Crippen molar-refractivity contribution in [2.75, 3.05) is 13.7 Å². The van der Waals surface area contributed by atoms with Gasteiger partial charge in [-0.1, -0.05) is 0 Å². The van der Waals surface area contributed by atoms with E-state index < -0.39 is 5.60 Å². The zero-order valence-electron chi connectivity index (χ0n) is 12.3. The molecule has 1 fully saturated rings. The van der Waals surface area contributed by atoms with Crippen molar-refractivity contribution in [2.24, 2.45) is 0 Å². The smallest absolute Gasteiger partial charge is 0.270 e. The summed E-state index contributed by atoms with van der Waals surface area (Å²) in [5, 5.41) is 15.3. The van der Waals surface area contributed by atoms with Crippen LogP contribution in [0, 0.1) is 0 Å². The Morgan fingerprint density at radius 2 is 2.14 bits per heavy atom. The van der Waals surface area contributed by atoms with Crippen LogP contribution in [0.2, 0.25) is 0 Å². The zero-order valence-corrected chi connectivity index (χ0v) is 13.2. The Bertz CT molecular complexity index is 662. The molecule has 1 aliphatic rings. The Balaban J connectivity index is 1.65. The van der Waals surface area contributed by atoms with Gasteiger partial charge in [0.25, 0.3) is 5.91 Å². The van der Waals surface area contributed by atoms with Crippen molar-refractivity contribution in [1.29, 1.82) is 0 Å². The third kappa shape index (κ3) is 3.13. The highest BCUT2D eigenvalue weighted by atomic mass is 32.1. The highest BCUT2D eigenvalue weighted by Crippen LogP contribution is 2.31. The molecule has 2 aromatic rings. The molecule has 6 heteroatoms. The number of amides is 1. The monoisotopic (exact) mass is 318 g/mol. The molecule has 1 aromatic heterocycles. The number of hydrogen-bond donors (Lipinski definition) is 2. The molecule has 116 valence electrons. The Hall–Kier alpha value is -1.92. The molecule has 0 bridgehead atoms. The molecular weight excluding hydrogens is 300 g/mol. The Kier molecular flexibility index (Phi) is 4.13. The van der Waals surface area contributed by atoms with Gasteiger partial charge >= 0.3 is 0 Å². The fraction of sp³-hybridized carbons (Fsp3) is 0.375. The van der Waals surface area contributed by atoms with E-state index in [4.69, 9.17) is 4.74 Å². The maximum absolute atomic E-state index is 12.1. The van der Waals surface area contributed by atoms with E-state index in [1.165, 1.54) is 11.3 Å². The van der Waals surface area contributed by atoms with Crippen molar-refractivity contribution in [3.8, 4) is 16.3 Å². The third-order valence-corrected chi connectivity index (χ3v) is 4.83. The maximum atomic E-state index is 12.1. The number of ether oxygens (including phenoxy) is 1. The number of aliphatic hydroxyl groups is 1. The quantitative estimate of drug-likeness (QED) is 0.888. The van der Waals surface area contributed by atoms with Gasteiger partial charge in [0.2, 0.25) is 0 Å². The van der Waals surface area contributed by atoms with E-state index in [-0.39, 0.29) is 5.91 Å². The second-order valence-corrected chi connectivity index (χ2v) is 6.39. The summed E-state index contributed by atoms with van der Waals surface area (Å²) in [6, 6.07) is 7.55. The van der Waals surface area contributed by atoms with E-state index in [2.05, 4.69) is 10.3 Å². The summed E-state index contributed by atoms with van der Waals surface area (Å²) in [6.45, 7) is 0.293. The van der Waals surface area contributed by atoms with Gasteiger partial charge < -0.3 is 15.2 Å². The highest BCUT2D eigenvalue weighted by Gasteiger charge is 2.34. The normalized spacial score (nSPS) is 15.9. The lowest BCUT2D eigenvalue weighted by molar-refractivity contribution is -0.0300. The van der Waals surface area contributed by atoms with E-state index >= 15 is 0 Å². The van der Waals surface area contributed by atoms with E-state index in [1.807, 2.05) is 24.3 Å². The summed E-state index contributed by atoms with van der Waals surface area (Å²) >= 11 is 1.42. The molecule has 3 rings (SSSR count). The lowest BCUT2D eigenvalue weighted by Gasteiger charge is -2.36. The van der Waals surface area contributed by atoms with E-state index in [9.17, 15) is 9.90 Å². The van der Waals surface area contributed by atoms with Crippen molar-refractivity contribution in [1.82, 2.24) is 10.3 Å². The minimum absolute atomic E-state index is 0.240. The molecule has 0 unspecified atom stereocenters. The minimum Gasteiger partial charge on any atom is -0.497 e. The van der Waals surface area contributed by atoms with Crippen molar-refractivity contribution >= 4 is 17.2 Å². The summed E-state index contributed by atoms with van der Waals surface area (Å²) in [7, 11) is 1.62. The van der Waals surface area contributed by atoms with E-state index in [1.54, 1.807) is 12.5 Å². The molecule has 1 aliphatic carbocycles. The molecule has 0 spiro atoms. The number of thiazole rings is 1.